The summed E-state index contributed by atoms with van der Waals surface area (Å²) < 4.78 is 0. The quantitative estimate of drug-likeness (QED) is 0.505. The van der Waals surface area contributed by atoms with E-state index in [4.69, 9.17) is 15.9 Å². The first-order valence-electron chi connectivity index (χ1n) is 5.27. The number of nitrogens with two attached hydrogens (primary N) is 1. The molecule has 0 spiro atoms. The lowest BCUT2D eigenvalue weighted by Crippen LogP contribution is -2.37. The molecule has 0 bridgehead atoms. The molecule has 102 valence electrons. The van der Waals surface area contributed by atoms with E-state index in [9.17, 15) is 19.7 Å². The van der Waals surface area contributed by atoms with Crippen molar-refractivity contribution in [2.75, 3.05) is 0 Å². The maximum atomic E-state index is 10.9. The van der Waals surface area contributed by atoms with Crippen LogP contribution >= 0.6 is 0 Å². The molecular formula is C11H12N2O6. The number of carboxylic acid groups (broad SMARTS) is 2. The van der Waals surface area contributed by atoms with Crippen molar-refractivity contribution in [3.8, 4) is 0 Å². The maximum Gasteiger partial charge on any atom is 0.321 e. The van der Waals surface area contributed by atoms with Crippen LogP contribution < -0.4 is 5.73 Å². The van der Waals surface area contributed by atoms with Gasteiger partial charge in [0.1, 0.15) is 6.04 Å². The minimum absolute atomic E-state index is 0.214. The number of carboxylic acids is 2. The molecule has 8 heteroatoms. The molecule has 0 saturated carbocycles. The third-order valence-corrected chi connectivity index (χ3v) is 2.62. The average Bonchev–Trinajstić information content (AvgIpc) is 2.34. The summed E-state index contributed by atoms with van der Waals surface area (Å²) in [5.74, 6) is -3.62. The largest absolute Gasteiger partial charge is 0.481 e. The lowest BCUT2D eigenvalue weighted by Gasteiger charge is -2.19. The van der Waals surface area contributed by atoms with Crippen molar-refractivity contribution < 1.29 is 24.7 Å². The van der Waals surface area contributed by atoms with Gasteiger partial charge in [-0.2, -0.15) is 0 Å². The zero-order chi connectivity index (χ0) is 14.6. The Hall–Kier alpha value is -2.48. The molecule has 19 heavy (non-hydrogen) atoms. The minimum atomic E-state index is -1.45. The minimum Gasteiger partial charge on any atom is -0.481 e. The Morgan fingerprint density at radius 2 is 2.00 bits per heavy atom. The number of benzene rings is 1. The summed E-state index contributed by atoms with van der Waals surface area (Å²) in [5, 5.41) is 28.3. The summed E-state index contributed by atoms with van der Waals surface area (Å²) in [7, 11) is 0. The van der Waals surface area contributed by atoms with Crippen LogP contribution in [0.1, 0.15) is 17.9 Å². The van der Waals surface area contributed by atoms with E-state index < -0.39 is 35.2 Å². The van der Waals surface area contributed by atoms with Gasteiger partial charge in [-0.1, -0.05) is 12.1 Å². The van der Waals surface area contributed by atoms with E-state index in [0.29, 0.717) is 0 Å². The topological polar surface area (TPSA) is 144 Å². The highest BCUT2D eigenvalue weighted by Crippen LogP contribution is 2.26. The highest BCUT2D eigenvalue weighted by Gasteiger charge is 2.29. The van der Waals surface area contributed by atoms with Crippen LogP contribution in [0.15, 0.2) is 24.3 Å². The smallest absolute Gasteiger partial charge is 0.321 e. The van der Waals surface area contributed by atoms with Crippen molar-refractivity contribution in [3.05, 3.63) is 39.9 Å². The summed E-state index contributed by atoms with van der Waals surface area (Å²) in [6.07, 6.45) is -0.519. The van der Waals surface area contributed by atoms with Gasteiger partial charge < -0.3 is 15.9 Å². The first-order valence-corrected chi connectivity index (χ1v) is 5.27. The third-order valence-electron chi connectivity index (χ3n) is 2.62. The van der Waals surface area contributed by atoms with Crippen LogP contribution in [-0.4, -0.2) is 33.1 Å². The van der Waals surface area contributed by atoms with Crippen molar-refractivity contribution >= 4 is 17.6 Å². The summed E-state index contributed by atoms with van der Waals surface area (Å²) in [6.45, 7) is 0. The lowest BCUT2D eigenvalue weighted by atomic mass is 9.89. The van der Waals surface area contributed by atoms with Gasteiger partial charge in [-0.3, -0.25) is 19.7 Å². The van der Waals surface area contributed by atoms with Gasteiger partial charge in [0, 0.05) is 18.1 Å². The van der Waals surface area contributed by atoms with E-state index in [2.05, 4.69) is 0 Å². The van der Waals surface area contributed by atoms with Crippen LogP contribution in [0.25, 0.3) is 0 Å². The summed E-state index contributed by atoms with van der Waals surface area (Å²) in [4.78, 5) is 31.6. The fourth-order valence-electron chi connectivity index (χ4n) is 1.68. The Kier molecular flexibility index (Phi) is 4.54. The van der Waals surface area contributed by atoms with Crippen molar-refractivity contribution in [1.29, 1.82) is 0 Å². The van der Waals surface area contributed by atoms with E-state index in [1.54, 1.807) is 0 Å². The molecule has 1 aromatic carbocycles. The second-order valence-electron chi connectivity index (χ2n) is 3.92. The van der Waals surface area contributed by atoms with Gasteiger partial charge in [0.15, 0.2) is 0 Å². The van der Waals surface area contributed by atoms with Gasteiger partial charge >= 0.3 is 11.9 Å². The van der Waals surface area contributed by atoms with Crippen LogP contribution in [0.2, 0.25) is 0 Å². The number of carbonyl (C=O) groups is 2. The number of aliphatic carboxylic acids is 2. The van der Waals surface area contributed by atoms with Crippen LogP contribution in [0.4, 0.5) is 5.69 Å². The predicted molar refractivity (Wildman–Crippen MR) is 63.7 cm³/mol. The maximum absolute atomic E-state index is 10.9. The first-order chi connectivity index (χ1) is 8.82. The van der Waals surface area contributed by atoms with E-state index in [1.807, 2.05) is 0 Å². The summed E-state index contributed by atoms with van der Waals surface area (Å²) in [6, 6.07) is 3.70. The Labute approximate surface area is 107 Å². The van der Waals surface area contributed by atoms with Gasteiger partial charge in [0.2, 0.25) is 0 Å². The molecule has 8 nitrogen and oxygen atoms in total. The molecule has 4 N–H and O–H groups in total. The number of rotatable bonds is 6. The van der Waals surface area contributed by atoms with E-state index in [0.717, 1.165) is 6.07 Å². The zero-order valence-electron chi connectivity index (χ0n) is 9.72. The number of nitrogens with zero attached hydrogens (tertiary/aromatic N) is 1. The van der Waals surface area contributed by atoms with Crippen LogP contribution in [0.5, 0.6) is 0 Å². The number of non-ortho nitro benzene ring substituents is 1. The number of hydrogen-bond donors (Lipinski definition) is 3. The van der Waals surface area contributed by atoms with Gasteiger partial charge in [-0.05, 0) is 5.56 Å². The fourth-order valence-corrected chi connectivity index (χ4v) is 1.68. The number of hydrogen-bond acceptors (Lipinski definition) is 5. The Balaban J connectivity index is 3.16. The molecule has 0 fully saturated rings. The van der Waals surface area contributed by atoms with Crippen LogP contribution in [0.3, 0.4) is 0 Å². The normalized spacial score (nSPS) is 13.5. The first kappa shape index (κ1) is 14.6. The summed E-state index contributed by atoms with van der Waals surface area (Å²) >= 11 is 0. The van der Waals surface area contributed by atoms with Crippen molar-refractivity contribution in [2.24, 2.45) is 5.73 Å². The molecular weight excluding hydrogens is 256 g/mol. The second kappa shape index (κ2) is 5.91. The van der Waals surface area contributed by atoms with Gasteiger partial charge in [-0.25, -0.2) is 0 Å². The lowest BCUT2D eigenvalue weighted by molar-refractivity contribution is -0.384. The monoisotopic (exact) mass is 268 g/mol. The highest BCUT2D eigenvalue weighted by molar-refractivity contribution is 5.77. The van der Waals surface area contributed by atoms with Crippen LogP contribution in [-0.2, 0) is 9.59 Å². The fraction of sp³-hybridized carbons (Fsp3) is 0.273. The zero-order valence-corrected chi connectivity index (χ0v) is 9.72. The van der Waals surface area contributed by atoms with E-state index >= 15 is 0 Å². The average molecular weight is 268 g/mol. The molecule has 1 rings (SSSR count). The van der Waals surface area contributed by atoms with Gasteiger partial charge in [0.05, 0.1) is 11.3 Å². The third kappa shape index (κ3) is 3.75. The second-order valence-corrected chi connectivity index (χ2v) is 3.92. The highest BCUT2D eigenvalue weighted by atomic mass is 16.6. The molecule has 0 amide bonds. The van der Waals surface area contributed by atoms with Crippen molar-refractivity contribution in [3.63, 3.8) is 0 Å². The molecule has 0 radical (unpaired) electrons. The standard InChI is InChI=1S/C11H12N2O6/c12-10(11(16)17)8(5-9(14)15)6-2-1-3-7(4-6)13(18)19/h1-4,8,10H,5,12H2,(H,14,15)(H,16,17). The molecule has 1 aromatic rings. The SMILES string of the molecule is NC(C(=O)O)C(CC(=O)O)c1cccc([N+](=O)[O-])c1. The Bertz CT molecular complexity index is 516. The van der Waals surface area contributed by atoms with Crippen molar-refractivity contribution in [2.45, 2.75) is 18.4 Å². The van der Waals surface area contributed by atoms with Gasteiger partial charge in [-0.15, -0.1) is 0 Å². The Morgan fingerprint density at radius 3 is 2.47 bits per heavy atom. The molecule has 2 unspecified atom stereocenters. The van der Waals surface area contributed by atoms with Gasteiger partial charge in [0.25, 0.3) is 5.69 Å². The molecule has 0 heterocycles. The van der Waals surface area contributed by atoms with E-state index in [-0.39, 0.29) is 11.3 Å². The summed E-state index contributed by atoms with van der Waals surface area (Å²) in [5.41, 5.74) is 5.40. The molecule has 0 aromatic heterocycles. The predicted octanol–water partition coefficient (Wildman–Crippen LogP) is 0.565. The molecule has 0 aliphatic rings. The molecule has 0 aliphatic heterocycles. The molecule has 0 aliphatic carbocycles. The van der Waals surface area contributed by atoms with Crippen LogP contribution in [0, 0.1) is 10.1 Å². The van der Waals surface area contributed by atoms with Crippen molar-refractivity contribution in [1.82, 2.24) is 0 Å². The molecule has 0 saturated heterocycles. The van der Waals surface area contributed by atoms with E-state index in [1.165, 1.54) is 18.2 Å². The molecule has 2 atom stereocenters. The Morgan fingerprint density at radius 1 is 1.37 bits per heavy atom. The number of nitro groups is 1. The number of nitro benzene ring substituents is 1.